The number of carbonyl (C=O) groups is 3. The molecule has 2 unspecified atom stereocenters. The number of amides is 2. The summed E-state index contributed by atoms with van der Waals surface area (Å²) in [5.41, 5.74) is -0.685. The molecule has 208 valence electrons. The van der Waals surface area contributed by atoms with Crippen LogP contribution < -0.4 is 0 Å². The van der Waals surface area contributed by atoms with E-state index in [0.717, 1.165) is 5.52 Å². The molecule has 0 radical (unpaired) electrons. The van der Waals surface area contributed by atoms with Crippen molar-refractivity contribution in [3.05, 3.63) is 49.6 Å². The van der Waals surface area contributed by atoms with E-state index in [1.165, 1.54) is 11.0 Å². The number of ether oxygens (including phenoxy) is 2. The number of benzene rings is 1. The quantitative estimate of drug-likeness (QED) is 0.339. The number of nitrogens with zero attached hydrogens (tertiary/aromatic N) is 5. The molecule has 3 aliphatic heterocycles. The van der Waals surface area contributed by atoms with Crippen LogP contribution in [0.5, 0.6) is 0 Å². The first-order valence-corrected chi connectivity index (χ1v) is 13.4. The van der Waals surface area contributed by atoms with Crippen LogP contribution in [0.15, 0.2) is 49.6 Å². The van der Waals surface area contributed by atoms with Crippen molar-refractivity contribution in [2.45, 2.75) is 63.1 Å². The fourth-order valence-electron chi connectivity index (χ4n) is 6.82. The lowest BCUT2D eigenvalue weighted by Crippen LogP contribution is -2.58. The summed E-state index contributed by atoms with van der Waals surface area (Å²) >= 11 is 0. The first kappa shape index (κ1) is 27.0. The lowest BCUT2D eigenvalue weighted by molar-refractivity contribution is -0.163. The molecule has 3 aliphatic rings. The van der Waals surface area contributed by atoms with E-state index in [9.17, 15) is 19.5 Å². The summed E-state index contributed by atoms with van der Waals surface area (Å²) < 4.78 is 13.8. The Hall–Kier alpha value is -3.57. The zero-order valence-corrected chi connectivity index (χ0v) is 22.4. The second-order valence-electron chi connectivity index (χ2n) is 10.6. The zero-order valence-electron chi connectivity index (χ0n) is 22.4. The third-order valence-electron chi connectivity index (χ3n) is 8.58. The average molecular weight is 538 g/mol. The number of rotatable bonds is 11. The van der Waals surface area contributed by atoms with Gasteiger partial charge >= 0.3 is 5.97 Å². The van der Waals surface area contributed by atoms with Gasteiger partial charge in [0.15, 0.2) is 0 Å². The summed E-state index contributed by atoms with van der Waals surface area (Å²) in [6.07, 6.45) is 4.52. The van der Waals surface area contributed by atoms with Crippen LogP contribution in [0.4, 0.5) is 0 Å². The van der Waals surface area contributed by atoms with Crippen LogP contribution in [0.3, 0.4) is 0 Å². The third kappa shape index (κ3) is 3.98. The molecule has 0 aliphatic carbocycles. The molecule has 0 saturated carbocycles. The Kier molecular flexibility index (Phi) is 7.06. The summed E-state index contributed by atoms with van der Waals surface area (Å²) in [7, 11) is 0. The molecule has 11 nitrogen and oxygen atoms in total. The standard InChI is InChI=1S/C28H35N5O6/c1-5-14-31(17-32-20-11-9-8-10-19(20)29-30-32)25(36)23-28-13-12-27(7-3,39-28)22(26(37)38-15-6-2)21(28)24(35)33(23)18(4)16-34/h5-6,8-11,18,21-23,34H,1-2,7,12-17H2,3-4H3/t18-,21+,22-,23?,27+,28?/m1/s1. The fourth-order valence-corrected chi connectivity index (χ4v) is 6.82. The van der Waals surface area contributed by atoms with Crippen molar-refractivity contribution in [2.75, 3.05) is 19.8 Å². The van der Waals surface area contributed by atoms with E-state index < -0.39 is 41.1 Å². The summed E-state index contributed by atoms with van der Waals surface area (Å²) in [5.74, 6) is -3.03. The molecule has 2 bridgehead atoms. The molecule has 6 atom stereocenters. The maximum absolute atomic E-state index is 14.5. The maximum atomic E-state index is 14.5. The largest absolute Gasteiger partial charge is 0.461 e. The van der Waals surface area contributed by atoms with E-state index in [-0.39, 0.29) is 38.2 Å². The van der Waals surface area contributed by atoms with Crippen LogP contribution in [-0.2, 0) is 30.5 Å². The lowest BCUT2D eigenvalue weighted by atomic mass is 9.65. The van der Waals surface area contributed by atoms with Crippen LogP contribution in [0, 0.1) is 11.8 Å². The van der Waals surface area contributed by atoms with Crippen LogP contribution >= 0.6 is 0 Å². The van der Waals surface area contributed by atoms with Crippen molar-refractivity contribution in [1.29, 1.82) is 0 Å². The monoisotopic (exact) mass is 537 g/mol. The van der Waals surface area contributed by atoms with Gasteiger partial charge in [-0.3, -0.25) is 14.4 Å². The molecular formula is C28H35N5O6. The van der Waals surface area contributed by atoms with Gasteiger partial charge in [0.05, 0.1) is 29.7 Å². The highest BCUT2D eigenvalue weighted by molar-refractivity contribution is 5.98. The van der Waals surface area contributed by atoms with Gasteiger partial charge in [-0.1, -0.05) is 43.0 Å². The number of likely N-dealkylation sites (tertiary alicyclic amines) is 1. The smallest absolute Gasteiger partial charge is 0.313 e. The minimum atomic E-state index is -1.23. The minimum Gasteiger partial charge on any atom is -0.461 e. The van der Waals surface area contributed by atoms with Gasteiger partial charge in [-0.05, 0) is 38.3 Å². The molecule has 1 N–H and O–H groups in total. The molecule has 39 heavy (non-hydrogen) atoms. The molecule has 2 aromatic rings. The van der Waals surface area contributed by atoms with Crippen LogP contribution in [-0.4, -0.2) is 90.7 Å². The van der Waals surface area contributed by atoms with Gasteiger partial charge in [0, 0.05) is 6.54 Å². The minimum absolute atomic E-state index is 0.0150. The molecule has 3 fully saturated rings. The topological polar surface area (TPSA) is 127 Å². The van der Waals surface area contributed by atoms with Crippen LogP contribution in [0.1, 0.15) is 33.1 Å². The summed E-state index contributed by atoms with van der Waals surface area (Å²) in [6, 6.07) is 5.72. The number of fused-ring (bicyclic) bond motifs is 2. The number of aromatic nitrogens is 3. The molecule has 11 heteroatoms. The zero-order chi connectivity index (χ0) is 27.9. The van der Waals surface area contributed by atoms with E-state index in [1.807, 2.05) is 31.2 Å². The second-order valence-corrected chi connectivity index (χ2v) is 10.6. The predicted molar refractivity (Wildman–Crippen MR) is 141 cm³/mol. The highest BCUT2D eigenvalue weighted by Gasteiger charge is 2.79. The van der Waals surface area contributed by atoms with Crippen LogP contribution in [0.25, 0.3) is 11.0 Å². The van der Waals surface area contributed by atoms with Gasteiger partial charge in [-0.15, -0.1) is 11.7 Å². The van der Waals surface area contributed by atoms with Gasteiger partial charge in [-0.25, -0.2) is 4.68 Å². The Morgan fingerprint density at radius 1 is 1.31 bits per heavy atom. The molecule has 1 aromatic carbocycles. The van der Waals surface area contributed by atoms with Gasteiger partial charge in [0.1, 0.15) is 36.4 Å². The van der Waals surface area contributed by atoms with Crippen molar-refractivity contribution in [2.24, 2.45) is 11.8 Å². The molecule has 2 amide bonds. The number of hydrogen-bond acceptors (Lipinski definition) is 8. The number of aliphatic hydroxyl groups is 1. The van der Waals surface area contributed by atoms with E-state index in [2.05, 4.69) is 23.5 Å². The second kappa shape index (κ2) is 10.2. The lowest BCUT2D eigenvalue weighted by Gasteiger charge is -2.38. The van der Waals surface area contributed by atoms with Gasteiger partial charge in [-0.2, -0.15) is 0 Å². The first-order valence-electron chi connectivity index (χ1n) is 13.4. The number of carbonyl (C=O) groups excluding carboxylic acids is 3. The third-order valence-corrected chi connectivity index (χ3v) is 8.58. The summed E-state index contributed by atoms with van der Waals surface area (Å²) in [5, 5.41) is 18.5. The van der Waals surface area contributed by atoms with Crippen molar-refractivity contribution in [3.8, 4) is 0 Å². The van der Waals surface area contributed by atoms with Gasteiger partial charge < -0.3 is 24.4 Å². The number of aliphatic hydroxyl groups excluding tert-OH is 1. The Bertz CT molecular complexity index is 1310. The van der Waals surface area contributed by atoms with Crippen molar-refractivity contribution >= 4 is 28.8 Å². The summed E-state index contributed by atoms with van der Waals surface area (Å²) in [4.78, 5) is 44.9. The van der Waals surface area contributed by atoms with E-state index in [0.29, 0.717) is 24.8 Å². The highest BCUT2D eigenvalue weighted by Crippen LogP contribution is 2.64. The fraction of sp³-hybridized carbons (Fsp3) is 0.536. The molecule has 1 aromatic heterocycles. The average Bonchev–Trinajstić information content (AvgIpc) is 3.67. The Labute approximate surface area is 227 Å². The first-order chi connectivity index (χ1) is 18.8. The summed E-state index contributed by atoms with van der Waals surface area (Å²) in [6.45, 7) is 11.0. The van der Waals surface area contributed by atoms with Crippen molar-refractivity contribution < 1.29 is 29.0 Å². The molecule has 3 saturated heterocycles. The van der Waals surface area contributed by atoms with Crippen molar-refractivity contribution in [3.63, 3.8) is 0 Å². The predicted octanol–water partition coefficient (Wildman–Crippen LogP) is 1.67. The van der Waals surface area contributed by atoms with E-state index >= 15 is 0 Å². The van der Waals surface area contributed by atoms with E-state index in [1.54, 1.807) is 22.6 Å². The maximum Gasteiger partial charge on any atom is 0.313 e. The molecule has 1 spiro atoms. The number of para-hydroxylation sites is 1. The Morgan fingerprint density at radius 2 is 2.08 bits per heavy atom. The Balaban J connectivity index is 1.56. The van der Waals surface area contributed by atoms with Gasteiger partial charge in [0.25, 0.3) is 0 Å². The normalized spacial score (nSPS) is 29.9. The van der Waals surface area contributed by atoms with E-state index in [4.69, 9.17) is 9.47 Å². The number of esters is 1. The van der Waals surface area contributed by atoms with Crippen LogP contribution in [0.2, 0.25) is 0 Å². The highest BCUT2D eigenvalue weighted by atomic mass is 16.6. The Morgan fingerprint density at radius 3 is 2.77 bits per heavy atom. The molecule has 4 heterocycles. The number of hydrogen-bond donors (Lipinski definition) is 1. The molecule has 5 rings (SSSR count). The molecular weight excluding hydrogens is 502 g/mol. The van der Waals surface area contributed by atoms with Crippen molar-refractivity contribution in [1.82, 2.24) is 24.8 Å². The van der Waals surface area contributed by atoms with Gasteiger partial charge in [0.2, 0.25) is 11.8 Å². The SMILES string of the molecule is C=CCOC(=O)[C@H]1[C@H]2C(=O)N([C@H](C)CO)C(C(=O)N(CC=C)Cn3nnc4ccccc43)C23CC[C@]1(CC)O3.